The van der Waals surface area contributed by atoms with Crippen LogP contribution < -0.4 is 0 Å². The summed E-state index contributed by atoms with van der Waals surface area (Å²) in [6.07, 6.45) is 8.12. The van der Waals surface area contributed by atoms with Crippen molar-refractivity contribution in [1.82, 2.24) is 0 Å². The van der Waals surface area contributed by atoms with Gasteiger partial charge >= 0.3 is 0 Å². The third-order valence-corrected chi connectivity index (χ3v) is 4.12. The highest BCUT2D eigenvalue weighted by Gasteiger charge is 2.56. The first-order valence-electron chi connectivity index (χ1n) is 4.83. The molecule has 0 aromatic carbocycles. The zero-order valence-electron chi connectivity index (χ0n) is 7.40. The Bertz CT molecular complexity index is 160. The maximum atomic E-state index is 9.33. The van der Waals surface area contributed by atoms with E-state index < -0.39 is 0 Å². The molecule has 0 aliphatic heterocycles. The van der Waals surface area contributed by atoms with Gasteiger partial charge in [-0.05, 0) is 36.5 Å². The number of hydrogen-bond acceptors (Lipinski definition) is 1. The van der Waals surface area contributed by atoms with Crippen LogP contribution in [0, 0.1) is 10.8 Å². The maximum Gasteiger partial charge on any atom is 0.0490 e. The second-order valence-corrected chi connectivity index (χ2v) is 4.71. The lowest BCUT2D eigenvalue weighted by Gasteiger charge is -2.41. The highest BCUT2D eigenvalue weighted by Crippen LogP contribution is 2.65. The lowest BCUT2D eigenvalue weighted by Crippen LogP contribution is -2.35. The molecule has 2 aliphatic rings. The third-order valence-electron chi connectivity index (χ3n) is 4.12. The quantitative estimate of drug-likeness (QED) is 0.614. The Labute approximate surface area is 68.8 Å². The first kappa shape index (κ1) is 7.60. The van der Waals surface area contributed by atoms with E-state index in [1.54, 1.807) is 0 Å². The first-order valence-corrected chi connectivity index (χ1v) is 4.83. The minimum atomic E-state index is 0.283. The summed E-state index contributed by atoms with van der Waals surface area (Å²) in [4.78, 5) is 0. The first-order chi connectivity index (χ1) is 5.22. The van der Waals surface area contributed by atoms with Crippen molar-refractivity contribution < 1.29 is 5.11 Å². The van der Waals surface area contributed by atoms with Crippen LogP contribution in [0.2, 0.25) is 0 Å². The van der Waals surface area contributed by atoms with Crippen molar-refractivity contribution in [3.63, 3.8) is 0 Å². The van der Waals surface area contributed by atoms with Gasteiger partial charge in [0.1, 0.15) is 0 Å². The van der Waals surface area contributed by atoms with Gasteiger partial charge in [0.05, 0.1) is 0 Å². The Morgan fingerprint density at radius 2 is 1.73 bits per heavy atom. The predicted octanol–water partition coefficient (Wildman–Crippen LogP) is 2.34. The summed E-state index contributed by atoms with van der Waals surface area (Å²) in [6, 6.07) is 0. The van der Waals surface area contributed by atoms with Gasteiger partial charge in [-0.1, -0.05) is 19.8 Å². The van der Waals surface area contributed by atoms with E-state index in [9.17, 15) is 5.11 Å². The van der Waals surface area contributed by atoms with E-state index in [1.165, 1.54) is 38.5 Å². The topological polar surface area (TPSA) is 20.2 Å². The van der Waals surface area contributed by atoms with Crippen LogP contribution in [0.25, 0.3) is 0 Å². The van der Waals surface area contributed by atoms with Crippen molar-refractivity contribution >= 4 is 0 Å². The molecule has 1 unspecified atom stereocenters. The summed E-state index contributed by atoms with van der Waals surface area (Å²) in [6.45, 7) is 2.69. The molecule has 0 saturated heterocycles. The Balaban J connectivity index is 2.15. The Morgan fingerprint density at radius 1 is 1.09 bits per heavy atom. The van der Waals surface area contributed by atoms with E-state index in [0.29, 0.717) is 12.0 Å². The highest BCUT2D eigenvalue weighted by molar-refractivity contribution is 5.06. The molecule has 0 amide bonds. The van der Waals surface area contributed by atoms with Crippen molar-refractivity contribution in [3.8, 4) is 0 Å². The molecule has 1 nitrogen and oxygen atoms in total. The van der Waals surface area contributed by atoms with Crippen LogP contribution in [-0.4, -0.2) is 11.7 Å². The van der Waals surface area contributed by atoms with Gasteiger partial charge in [0, 0.05) is 6.61 Å². The summed E-state index contributed by atoms with van der Waals surface area (Å²) < 4.78 is 0. The van der Waals surface area contributed by atoms with E-state index in [1.807, 2.05) is 0 Å². The molecule has 2 saturated carbocycles. The van der Waals surface area contributed by atoms with Crippen molar-refractivity contribution in [1.29, 1.82) is 0 Å². The normalized spacial score (nSPS) is 40.9. The molecule has 0 radical (unpaired) electrons. The summed E-state index contributed by atoms with van der Waals surface area (Å²) in [5, 5.41) is 9.33. The SMILES string of the molecule is CC1(CO)CCCCC12CC2. The largest absolute Gasteiger partial charge is 0.396 e. The number of aliphatic hydroxyl groups is 1. The monoisotopic (exact) mass is 154 g/mol. The van der Waals surface area contributed by atoms with E-state index in [4.69, 9.17) is 0 Å². The van der Waals surface area contributed by atoms with Crippen LogP contribution in [0.3, 0.4) is 0 Å². The van der Waals surface area contributed by atoms with Crippen molar-refractivity contribution in [2.24, 2.45) is 10.8 Å². The van der Waals surface area contributed by atoms with Gasteiger partial charge in [-0.2, -0.15) is 0 Å². The van der Waals surface area contributed by atoms with Gasteiger partial charge in [-0.3, -0.25) is 0 Å². The van der Waals surface area contributed by atoms with Gasteiger partial charge in [-0.15, -0.1) is 0 Å². The zero-order chi connectivity index (χ0) is 7.95. The summed E-state index contributed by atoms with van der Waals surface area (Å²) in [7, 11) is 0. The molecular weight excluding hydrogens is 136 g/mol. The summed E-state index contributed by atoms with van der Waals surface area (Å²) >= 11 is 0. The van der Waals surface area contributed by atoms with Crippen molar-refractivity contribution in [3.05, 3.63) is 0 Å². The van der Waals surface area contributed by atoms with Crippen LogP contribution >= 0.6 is 0 Å². The van der Waals surface area contributed by atoms with Crippen LogP contribution in [0.1, 0.15) is 45.4 Å². The molecule has 1 atom stereocenters. The number of hydrogen-bond donors (Lipinski definition) is 1. The summed E-state index contributed by atoms with van der Waals surface area (Å²) in [5.41, 5.74) is 0.866. The van der Waals surface area contributed by atoms with Crippen LogP contribution in [-0.2, 0) is 0 Å². The Hall–Kier alpha value is -0.0400. The smallest absolute Gasteiger partial charge is 0.0490 e. The standard InChI is InChI=1S/C10H18O/c1-9(8-11)4-2-3-5-10(9)6-7-10/h11H,2-8H2,1H3. The van der Waals surface area contributed by atoms with E-state index >= 15 is 0 Å². The number of rotatable bonds is 1. The van der Waals surface area contributed by atoms with E-state index in [-0.39, 0.29) is 5.41 Å². The van der Waals surface area contributed by atoms with Crippen LogP contribution in [0.5, 0.6) is 0 Å². The molecule has 0 heterocycles. The van der Waals surface area contributed by atoms with Gasteiger partial charge in [0.25, 0.3) is 0 Å². The molecule has 1 heteroatoms. The van der Waals surface area contributed by atoms with Gasteiger partial charge in [0.15, 0.2) is 0 Å². The third kappa shape index (κ3) is 0.936. The lowest BCUT2D eigenvalue weighted by atomic mass is 9.65. The average Bonchev–Trinajstić information content (AvgIpc) is 2.78. The van der Waals surface area contributed by atoms with Crippen molar-refractivity contribution in [2.75, 3.05) is 6.61 Å². The fraction of sp³-hybridized carbons (Fsp3) is 1.00. The Morgan fingerprint density at radius 3 is 2.18 bits per heavy atom. The molecule has 0 aromatic heterocycles. The molecular formula is C10H18O. The fourth-order valence-corrected chi connectivity index (χ4v) is 2.80. The maximum absolute atomic E-state index is 9.33. The predicted molar refractivity (Wildman–Crippen MR) is 45.3 cm³/mol. The molecule has 0 bridgehead atoms. The van der Waals surface area contributed by atoms with Gasteiger partial charge in [0.2, 0.25) is 0 Å². The molecule has 2 fully saturated rings. The Kier molecular flexibility index (Phi) is 1.54. The molecule has 2 aliphatic carbocycles. The zero-order valence-corrected chi connectivity index (χ0v) is 7.40. The van der Waals surface area contributed by atoms with Crippen molar-refractivity contribution in [2.45, 2.75) is 45.4 Å². The molecule has 0 aromatic rings. The van der Waals surface area contributed by atoms with Gasteiger partial charge < -0.3 is 5.11 Å². The molecule has 1 N–H and O–H groups in total. The lowest BCUT2D eigenvalue weighted by molar-refractivity contribution is 0.0240. The molecule has 64 valence electrons. The van der Waals surface area contributed by atoms with E-state index in [2.05, 4.69) is 6.92 Å². The average molecular weight is 154 g/mol. The van der Waals surface area contributed by atoms with Crippen LogP contribution in [0.15, 0.2) is 0 Å². The fourth-order valence-electron chi connectivity index (χ4n) is 2.80. The molecule has 2 rings (SSSR count). The minimum Gasteiger partial charge on any atom is -0.396 e. The second kappa shape index (κ2) is 2.22. The molecule has 11 heavy (non-hydrogen) atoms. The van der Waals surface area contributed by atoms with E-state index in [0.717, 1.165) is 0 Å². The minimum absolute atomic E-state index is 0.283. The second-order valence-electron chi connectivity index (χ2n) is 4.71. The highest BCUT2D eigenvalue weighted by atomic mass is 16.3. The van der Waals surface area contributed by atoms with Gasteiger partial charge in [-0.25, -0.2) is 0 Å². The van der Waals surface area contributed by atoms with Crippen LogP contribution in [0.4, 0.5) is 0 Å². The summed E-state index contributed by atoms with van der Waals surface area (Å²) in [5.74, 6) is 0. The number of aliphatic hydroxyl groups excluding tert-OH is 1. The molecule has 1 spiro atoms.